The Morgan fingerprint density at radius 3 is 2.76 bits per heavy atom. The van der Waals surface area contributed by atoms with Crippen molar-refractivity contribution in [3.63, 3.8) is 0 Å². The van der Waals surface area contributed by atoms with E-state index in [9.17, 15) is 9.59 Å². The number of carbonyl (C=O) groups is 2. The van der Waals surface area contributed by atoms with E-state index in [2.05, 4.69) is 15.9 Å². The van der Waals surface area contributed by atoms with Crippen molar-refractivity contribution in [2.75, 3.05) is 13.7 Å². The van der Waals surface area contributed by atoms with Crippen LogP contribution in [0.3, 0.4) is 0 Å². The maximum atomic E-state index is 12.6. The number of ketones is 1. The topological polar surface area (TPSA) is 61.8 Å². The Morgan fingerprint density at radius 1 is 1.28 bits per heavy atom. The third kappa shape index (κ3) is 3.65. The zero-order chi connectivity index (χ0) is 18.0. The molecular weight excluding hydrogens is 388 g/mol. The number of hydrogen-bond donors (Lipinski definition) is 0. The summed E-state index contributed by atoms with van der Waals surface area (Å²) in [6, 6.07) is 10.7. The van der Waals surface area contributed by atoms with Crippen LogP contribution < -0.4 is 9.47 Å². The van der Waals surface area contributed by atoms with Crippen LogP contribution in [0.2, 0.25) is 0 Å². The van der Waals surface area contributed by atoms with Crippen molar-refractivity contribution in [1.82, 2.24) is 0 Å². The maximum Gasteiger partial charge on any atom is 0.337 e. The molecule has 0 aromatic heterocycles. The number of allylic oxidation sites excluding steroid dienone is 1. The van der Waals surface area contributed by atoms with Gasteiger partial charge in [-0.15, -0.1) is 0 Å². The van der Waals surface area contributed by atoms with Crippen LogP contribution in [-0.4, -0.2) is 25.5 Å². The van der Waals surface area contributed by atoms with E-state index < -0.39 is 5.97 Å². The molecule has 0 spiro atoms. The van der Waals surface area contributed by atoms with Crippen LogP contribution in [0.4, 0.5) is 0 Å². The summed E-state index contributed by atoms with van der Waals surface area (Å²) in [5, 5.41) is 0. The second-order valence-corrected chi connectivity index (χ2v) is 6.34. The lowest BCUT2D eigenvalue weighted by Gasteiger charge is -2.07. The van der Waals surface area contributed by atoms with Gasteiger partial charge in [-0.25, -0.2) is 4.79 Å². The molecule has 6 heteroatoms. The van der Waals surface area contributed by atoms with Gasteiger partial charge in [-0.1, -0.05) is 34.1 Å². The highest BCUT2D eigenvalue weighted by molar-refractivity contribution is 9.10. The molecule has 0 saturated carbocycles. The zero-order valence-corrected chi connectivity index (χ0v) is 15.3. The minimum absolute atomic E-state index is 0.150. The number of Topliss-reactive ketones (excluding diaryl/α,β-unsaturated/α-hetero) is 1. The lowest BCUT2D eigenvalue weighted by atomic mass is 10.0. The Kier molecular flexibility index (Phi) is 5.01. The molecule has 0 saturated heterocycles. The molecule has 25 heavy (non-hydrogen) atoms. The lowest BCUT2D eigenvalue weighted by molar-refractivity contribution is -0.138. The standard InChI is InChI=1S/C19H15BrO5/c1-11-7-13(24-17(21)10-23-2)9-15-18(11)19(22)16(25-15)8-12-5-3-4-6-14(12)20/h3-9H,10H2,1-2H3/b16-8-. The number of rotatable bonds is 4. The van der Waals surface area contributed by atoms with Gasteiger partial charge in [0, 0.05) is 17.6 Å². The summed E-state index contributed by atoms with van der Waals surface area (Å²) < 4.78 is 16.5. The fourth-order valence-electron chi connectivity index (χ4n) is 2.55. The summed E-state index contributed by atoms with van der Waals surface area (Å²) in [4.78, 5) is 24.2. The molecule has 0 fully saturated rings. The Bertz CT molecular complexity index is 885. The van der Waals surface area contributed by atoms with Crippen LogP contribution in [-0.2, 0) is 9.53 Å². The summed E-state index contributed by atoms with van der Waals surface area (Å²) in [7, 11) is 1.41. The Morgan fingerprint density at radius 2 is 2.04 bits per heavy atom. The number of ether oxygens (including phenoxy) is 3. The third-order valence-corrected chi connectivity index (χ3v) is 4.35. The van der Waals surface area contributed by atoms with Gasteiger partial charge in [0.15, 0.2) is 5.76 Å². The average molecular weight is 403 g/mol. The van der Waals surface area contributed by atoms with Crippen LogP contribution in [0.1, 0.15) is 21.5 Å². The third-order valence-electron chi connectivity index (χ3n) is 3.63. The zero-order valence-electron chi connectivity index (χ0n) is 13.7. The molecule has 0 radical (unpaired) electrons. The first-order valence-corrected chi connectivity index (χ1v) is 8.32. The highest BCUT2D eigenvalue weighted by Crippen LogP contribution is 2.38. The van der Waals surface area contributed by atoms with E-state index in [-0.39, 0.29) is 18.1 Å². The molecule has 0 aliphatic carbocycles. The predicted molar refractivity (Wildman–Crippen MR) is 95.8 cm³/mol. The fraction of sp³-hybridized carbons (Fsp3) is 0.158. The smallest absolute Gasteiger partial charge is 0.337 e. The van der Waals surface area contributed by atoms with Gasteiger partial charge >= 0.3 is 5.97 Å². The van der Waals surface area contributed by atoms with E-state index in [0.29, 0.717) is 22.6 Å². The molecule has 3 rings (SSSR count). The molecule has 1 heterocycles. The van der Waals surface area contributed by atoms with Gasteiger partial charge in [0.1, 0.15) is 18.1 Å². The van der Waals surface area contributed by atoms with E-state index in [1.54, 1.807) is 19.1 Å². The summed E-state index contributed by atoms with van der Waals surface area (Å²) in [5.74, 6) is 0.204. The van der Waals surface area contributed by atoms with Gasteiger partial charge in [0.2, 0.25) is 5.78 Å². The number of hydrogen-bond acceptors (Lipinski definition) is 5. The Hall–Kier alpha value is -2.44. The van der Waals surface area contributed by atoms with Crippen molar-refractivity contribution >= 4 is 33.8 Å². The molecule has 2 aromatic carbocycles. The van der Waals surface area contributed by atoms with Crippen LogP contribution in [0.25, 0.3) is 6.08 Å². The van der Waals surface area contributed by atoms with Gasteiger partial charge < -0.3 is 14.2 Å². The van der Waals surface area contributed by atoms with Crippen LogP contribution in [0.15, 0.2) is 46.6 Å². The quantitative estimate of drug-likeness (QED) is 0.440. The number of carbonyl (C=O) groups excluding carboxylic acids is 2. The second kappa shape index (κ2) is 7.21. The summed E-state index contributed by atoms with van der Waals surface area (Å²) in [6.45, 7) is 1.62. The van der Waals surface area contributed by atoms with Gasteiger partial charge in [0.05, 0.1) is 5.56 Å². The van der Waals surface area contributed by atoms with Crippen LogP contribution in [0.5, 0.6) is 11.5 Å². The van der Waals surface area contributed by atoms with Gasteiger partial charge in [-0.3, -0.25) is 4.79 Å². The second-order valence-electron chi connectivity index (χ2n) is 5.48. The van der Waals surface area contributed by atoms with Gasteiger partial charge in [-0.05, 0) is 36.3 Å². The molecule has 0 N–H and O–H groups in total. The number of methoxy groups -OCH3 is 1. The maximum absolute atomic E-state index is 12.6. The number of esters is 1. The predicted octanol–water partition coefficient (Wildman–Crippen LogP) is 3.93. The fourth-order valence-corrected chi connectivity index (χ4v) is 2.95. The Labute approximate surface area is 153 Å². The molecular formula is C19H15BrO5. The first-order valence-electron chi connectivity index (χ1n) is 7.52. The van der Waals surface area contributed by atoms with Crippen molar-refractivity contribution < 1.29 is 23.8 Å². The number of aryl methyl sites for hydroxylation is 1. The van der Waals surface area contributed by atoms with E-state index in [0.717, 1.165) is 10.0 Å². The molecule has 5 nitrogen and oxygen atoms in total. The molecule has 128 valence electrons. The van der Waals surface area contributed by atoms with E-state index in [1.807, 2.05) is 24.3 Å². The number of benzene rings is 2. The van der Waals surface area contributed by atoms with Crippen LogP contribution >= 0.6 is 15.9 Å². The van der Waals surface area contributed by atoms with E-state index in [1.165, 1.54) is 13.2 Å². The van der Waals surface area contributed by atoms with Crippen molar-refractivity contribution in [2.45, 2.75) is 6.92 Å². The van der Waals surface area contributed by atoms with Gasteiger partial charge in [0.25, 0.3) is 0 Å². The minimum Gasteiger partial charge on any atom is -0.452 e. The van der Waals surface area contributed by atoms with Crippen molar-refractivity contribution in [1.29, 1.82) is 0 Å². The highest BCUT2D eigenvalue weighted by atomic mass is 79.9. The van der Waals surface area contributed by atoms with Crippen LogP contribution in [0, 0.1) is 6.92 Å². The van der Waals surface area contributed by atoms with Crippen molar-refractivity contribution in [2.24, 2.45) is 0 Å². The normalized spacial score (nSPS) is 14.4. The van der Waals surface area contributed by atoms with Crippen molar-refractivity contribution in [3.8, 4) is 11.5 Å². The monoisotopic (exact) mass is 402 g/mol. The minimum atomic E-state index is -0.518. The van der Waals surface area contributed by atoms with Gasteiger partial charge in [-0.2, -0.15) is 0 Å². The largest absolute Gasteiger partial charge is 0.452 e. The average Bonchev–Trinajstić information content (AvgIpc) is 2.86. The molecule has 0 unspecified atom stereocenters. The summed E-state index contributed by atoms with van der Waals surface area (Å²) >= 11 is 3.45. The Balaban J connectivity index is 1.92. The first-order chi connectivity index (χ1) is 12.0. The summed E-state index contributed by atoms with van der Waals surface area (Å²) in [5.41, 5.74) is 1.99. The molecule has 0 amide bonds. The first kappa shape index (κ1) is 17.4. The van der Waals surface area contributed by atoms with E-state index >= 15 is 0 Å². The molecule has 0 bridgehead atoms. The molecule has 0 atom stereocenters. The number of halogens is 1. The molecule has 1 aliphatic rings. The lowest BCUT2D eigenvalue weighted by Crippen LogP contribution is -2.14. The van der Waals surface area contributed by atoms with Crippen molar-refractivity contribution in [3.05, 3.63) is 63.3 Å². The highest BCUT2D eigenvalue weighted by Gasteiger charge is 2.30. The molecule has 2 aromatic rings. The number of fused-ring (bicyclic) bond motifs is 1. The van der Waals surface area contributed by atoms with E-state index in [4.69, 9.17) is 14.2 Å². The SMILES string of the molecule is COCC(=O)Oc1cc(C)c2c(c1)O/C(=C\c1ccccc1Br)C2=O. The summed E-state index contributed by atoms with van der Waals surface area (Å²) in [6.07, 6.45) is 1.68. The molecule has 1 aliphatic heterocycles.